The Morgan fingerprint density at radius 2 is 2.33 bits per heavy atom. The van der Waals surface area contributed by atoms with Crippen LogP contribution in [0.3, 0.4) is 0 Å². The smallest absolute Gasteiger partial charge is 0.306 e. The van der Waals surface area contributed by atoms with Crippen LogP contribution in [0.5, 0.6) is 0 Å². The second-order valence-electron chi connectivity index (χ2n) is 3.27. The molecule has 1 aromatic heterocycles. The van der Waals surface area contributed by atoms with Crippen LogP contribution in [-0.2, 0) is 16.1 Å². The highest BCUT2D eigenvalue weighted by atomic mass is 79.9. The summed E-state index contributed by atoms with van der Waals surface area (Å²) in [5.74, 6) is -0.158. The van der Waals surface area contributed by atoms with Crippen molar-refractivity contribution in [3.8, 4) is 0 Å². The molecule has 5 heteroatoms. The maximum atomic E-state index is 10.9. The number of esters is 1. The lowest BCUT2D eigenvalue weighted by Gasteiger charge is -2.14. The number of carbonyl (C=O) groups excluding carboxylic acids is 1. The second-order valence-corrected chi connectivity index (χ2v) is 5.82. The van der Waals surface area contributed by atoms with Gasteiger partial charge in [0.1, 0.15) is 0 Å². The van der Waals surface area contributed by atoms with E-state index in [1.807, 2.05) is 13.1 Å². The van der Waals surface area contributed by atoms with Gasteiger partial charge in [-0.25, -0.2) is 0 Å². The van der Waals surface area contributed by atoms with E-state index in [2.05, 4.69) is 31.6 Å². The van der Waals surface area contributed by atoms with E-state index < -0.39 is 0 Å². The molecular weight excluding hydrogens is 278 g/mol. The van der Waals surface area contributed by atoms with Gasteiger partial charge in [0, 0.05) is 18.0 Å². The number of carbonyl (C=O) groups is 1. The molecule has 3 nitrogen and oxygen atoms in total. The summed E-state index contributed by atoms with van der Waals surface area (Å²) in [7, 11) is 3.41. The Labute approximate surface area is 102 Å². The third-order valence-electron chi connectivity index (χ3n) is 1.98. The lowest BCUT2D eigenvalue weighted by molar-refractivity contribution is -0.140. The summed E-state index contributed by atoms with van der Waals surface area (Å²) in [5, 5.41) is 0. The molecule has 84 valence electrons. The Morgan fingerprint density at radius 3 is 2.87 bits per heavy atom. The van der Waals surface area contributed by atoms with E-state index in [1.54, 1.807) is 11.3 Å². The van der Waals surface area contributed by atoms with Crippen molar-refractivity contribution in [2.45, 2.75) is 13.0 Å². The van der Waals surface area contributed by atoms with E-state index in [0.717, 1.165) is 16.9 Å². The molecule has 1 rings (SSSR count). The van der Waals surface area contributed by atoms with Crippen LogP contribution >= 0.6 is 27.3 Å². The van der Waals surface area contributed by atoms with Gasteiger partial charge < -0.3 is 9.64 Å². The normalized spacial score (nSPS) is 10.7. The van der Waals surface area contributed by atoms with Gasteiger partial charge in [0.2, 0.25) is 0 Å². The summed E-state index contributed by atoms with van der Waals surface area (Å²) in [6.45, 7) is 1.59. The van der Waals surface area contributed by atoms with Crippen LogP contribution in [0.2, 0.25) is 0 Å². The largest absolute Gasteiger partial charge is 0.469 e. The topological polar surface area (TPSA) is 29.5 Å². The summed E-state index contributed by atoms with van der Waals surface area (Å²) in [6, 6.07) is 4.12. The first-order valence-electron chi connectivity index (χ1n) is 4.61. The lowest BCUT2D eigenvalue weighted by Crippen LogP contribution is -2.21. The minimum atomic E-state index is -0.158. The third kappa shape index (κ3) is 4.77. The first-order valence-corrected chi connectivity index (χ1v) is 6.22. The molecule has 0 saturated heterocycles. The van der Waals surface area contributed by atoms with Gasteiger partial charge in [0.05, 0.1) is 17.3 Å². The van der Waals surface area contributed by atoms with Gasteiger partial charge in [0.25, 0.3) is 0 Å². The van der Waals surface area contributed by atoms with Crippen LogP contribution in [0.15, 0.2) is 15.9 Å². The van der Waals surface area contributed by atoms with Crippen LogP contribution in [-0.4, -0.2) is 31.6 Å². The number of hydrogen-bond acceptors (Lipinski definition) is 4. The van der Waals surface area contributed by atoms with Gasteiger partial charge in [0.15, 0.2) is 0 Å². The van der Waals surface area contributed by atoms with Crippen molar-refractivity contribution in [3.63, 3.8) is 0 Å². The Balaban J connectivity index is 2.30. The van der Waals surface area contributed by atoms with Crippen molar-refractivity contribution in [1.82, 2.24) is 4.90 Å². The van der Waals surface area contributed by atoms with Crippen LogP contribution in [0.1, 0.15) is 11.3 Å². The number of nitrogens with zero attached hydrogens (tertiary/aromatic N) is 1. The highest BCUT2D eigenvalue weighted by Crippen LogP contribution is 2.22. The number of thiophene rings is 1. The minimum absolute atomic E-state index is 0.158. The zero-order valence-electron chi connectivity index (χ0n) is 8.83. The summed E-state index contributed by atoms with van der Waals surface area (Å²) < 4.78 is 5.72. The second kappa shape index (κ2) is 6.25. The maximum absolute atomic E-state index is 10.9. The molecule has 0 aromatic carbocycles. The Morgan fingerprint density at radius 1 is 1.60 bits per heavy atom. The summed E-state index contributed by atoms with van der Waals surface area (Å²) in [4.78, 5) is 14.3. The average molecular weight is 292 g/mol. The van der Waals surface area contributed by atoms with Crippen molar-refractivity contribution < 1.29 is 9.53 Å². The molecule has 0 atom stereocenters. The van der Waals surface area contributed by atoms with Gasteiger partial charge >= 0.3 is 5.97 Å². The highest BCUT2D eigenvalue weighted by molar-refractivity contribution is 9.11. The standard InChI is InChI=1S/C10H14BrNO2S/c1-12(6-5-10(13)14-2)7-8-3-4-9(11)15-8/h3-4H,5-7H2,1-2H3. The van der Waals surface area contributed by atoms with Gasteiger partial charge in [-0.2, -0.15) is 0 Å². The van der Waals surface area contributed by atoms with Crippen molar-refractivity contribution in [3.05, 3.63) is 20.8 Å². The fourth-order valence-electron chi connectivity index (χ4n) is 1.17. The molecule has 0 amide bonds. The van der Waals surface area contributed by atoms with Crippen molar-refractivity contribution in [1.29, 1.82) is 0 Å². The Hall–Kier alpha value is -0.390. The summed E-state index contributed by atoms with van der Waals surface area (Å²) in [6.07, 6.45) is 0.444. The van der Waals surface area contributed by atoms with Crippen molar-refractivity contribution in [2.75, 3.05) is 20.7 Å². The fraction of sp³-hybridized carbons (Fsp3) is 0.500. The molecule has 1 aromatic rings. The molecule has 0 fully saturated rings. The van der Waals surface area contributed by atoms with Crippen LogP contribution in [0.25, 0.3) is 0 Å². The molecular formula is C10H14BrNO2S. The number of ether oxygens (including phenoxy) is 1. The lowest BCUT2D eigenvalue weighted by atomic mass is 10.3. The molecule has 0 N–H and O–H groups in total. The predicted octanol–water partition coefficient (Wildman–Crippen LogP) is 2.51. The van der Waals surface area contributed by atoms with Gasteiger partial charge in [-0.3, -0.25) is 4.79 Å². The number of hydrogen-bond donors (Lipinski definition) is 0. The van der Waals surface area contributed by atoms with E-state index in [-0.39, 0.29) is 5.97 Å². The predicted molar refractivity (Wildman–Crippen MR) is 65.0 cm³/mol. The van der Waals surface area contributed by atoms with E-state index in [9.17, 15) is 4.79 Å². The first kappa shape index (κ1) is 12.7. The molecule has 0 aliphatic carbocycles. The maximum Gasteiger partial charge on any atom is 0.306 e. The number of methoxy groups -OCH3 is 1. The molecule has 0 spiro atoms. The number of rotatable bonds is 5. The molecule has 0 unspecified atom stereocenters. The van der Waals surface area contributed by atoms with Crippen LogP contribution in [0, 0.1) is 0 Å². The monoisotopic (exact) mass is 291 g/mol. The zero-order chi connectivity index (χ0) is 11.3. The summed E-state index contributed by atoms with van der Waals surface area (Å²) in [5.41, 5.74) is 0. The van der Waals surface area contributed by atoms with Crippen molar-refractivity contribution in [2.24, 2.45) is 0 Å². The van der Waals surface area contributed by atoms with Crippen molar-refractivity contribution >= 4 is 33.2 Å². The van der Waals surface area contributed by atoms with E-state index >= 15 is 0 Å². The molecule has 0 bridgehead atoms. The van der Waals surface area contributed by atoms with Gasteiger partial charge in [-0.05, 0) is 35.1 Å². The van der Waals surface area contributed by atoms with E-state index in [1.165, 1.54) is 12.0 Å². The SMILES string of the molecule is COC(=O)CCN(C)Cc1ccc(Br)s1. The molecule has 0 aliphatic rings. The Bertz CT molecular complexity index is 327. The third-order valence-corrected chi connectivity index (χ3v) is 3.59. The minimum Gasteiger partial charge on any atom is -0.469 e. The Kier molecular flexibility index (Phi) is 5.28. The molecule has 0 radical (unpaired) electrons. The van der Waals surface area contributed by atoms with Gasteiger partial charge in [-0.1, -0.05) is 0 Å². The first-order chi connectivity index (χ1) is 7.11. The number of halogens is 1. The average Bonchev–Trinajstić information content (AvgIpc) is 2.60. The fourth-order valence-corrected chi connectivity index (χ4v) is 2.73. The van der Waals surface area contributed by atoms with Crippen LogP contribution in [0.4, 0.5) is 0 Å². The van der Waals surface area contributed by atoms with E-state index in [4.69, 9.17) is 0 Å². The van der Waals surface area contributed by atoms with Gasteiger partial charge in [-0.15, -0.1) is 11.3 Å². The quantitative estimate of drug-likeness (QED) is 0.781. The molecule has 0 aliphatic heterocycles. The summed E-state index contributed by atoms with van der Waals surface area (Å²) >= 11 is 5.14. The molecule has 0 saturated carbocycles. The van der Waals surface area contributed by atoms with Crippen LogP contribution < -0.4 is 0 Å². The van der Waals surface area contributed by atoms with E-state index in [0.29, 0.717) is 6.42 Å². The molecule has 1 heterocycles. The zero-order valence-corrected chi connectivity index (χ0v) is 11.2. The highest BCUT2D eigenvalue weighted by Gasteiger charge is 2.06. The molecule has 15 heavy (non-hydrogen) atoms.